The number of phosphoric ester groups is 2. The number of esters is 5. The lowest BCUT2D eigenvalue weighted by atomic mass is 9.94. The number of imidazole rings is 1. The molecule has 0 bridgehead atoms. The minimum Gasteiger partial charge on any atom is -0.462 e. The first-order valence-corrected chi connectivity index (χ1v) is 18.7. The van der Waals surface area contributed by atoms with E-state index < -0.39 is 120 Å². The number of anilines is 1. The number of fused-ring (bicyclic) bond motifs is 1. The normalized spacial score (nSPS) is 29.3. The zero-order chi connectivity index (χ0) is 41.0. The topological polar surface area (TPSA) is 362 Å². The second kappa shape index (κ2) is 17.7. The number of ether oxygens (including phenoxy) is 7. The number of hydrogen-bond acceptors (Lipinski definition) is 23. The highest BCUT2D eigenvalue weighted by Crippen LogP contribution is 2.61. The third-order valence-electron chi connectivity index (χ3n) is 7.42. The maximum Gasteiger partial charge on any atom is 0.483 e. The van der Waals surface area contributed by atoms with Crippen LogP contribution in [-0.4, -0.2) is 138 Å². The highest BCUT2D eigenvalue weighted by Gasteiger charge is 2.57. The number of aromatic nitrogens is 4. The highest BCUT2D eigenvalue weighted by atomic mass is 31.3. The van der Waals surface area contributed by atoms with E-state index in [0.717, 1.165) is 40.9 Å². The molecule has 6 N–H and O–H groups in total. The van der Waals surface area contributed by atoms with E-state index in [1.54, 1.807) is 0 Å². The van der Waals surface area contributed by atoms with Crippen molar-refractivity contribution in [3.8, 4) is 0 Å². The van der Waals surface area contributed by atoms with Crippen molar-refractivity contribution in [2.45, 2.75) is 96.0 Å². The van der Waals surface area contributed by atoms with Crippen molar-refractivity contribution < 1.29 is 99.6 Å². The van der Waals surface area contributed by atoms with Gasteiger partial charge in [-0.1, -0.05) is 0 Å². The lowest BCUT2D eigenvalue weighted by Gasteiger charge is -2.45. The summed E-state index contributed by atoms with van der Waals surface area (Å²) in [6.45, 7) is 2.71. The summed E-state index contributed by atoms with van der Waals surface area (Å²) in [6.07, 6.45) is -16.2. The van der Waals surface area contributed by atoms with Gasteiger partial charge in [0.25, 0.3) is 0 Å². The molecular formula is C27H37N5O21P2. The average molecular weight is 830 g/mol. The van der Waals surface area contributed by atoms with Crippen molar-refractivity contribution in [3.05, 3.63) is 12.7 Å². The quantitative estimate of drug-likeness (QED) is 0.0758. The fourth-order valence-corrected chi connectivity index (χ4v) is 7.58. The van der Waals surface area contributed by atoms with Crippen LogP contribution in [0.15, 0.2) is 12.7 Å². The van der Waals surface area contributed by atoms with Crippen LogP contribution in [0, 0.1) is 0 Å². The Morgan fingerprint density at radius 2 is 1.45 bits per heavy atom. The smallest absolute Gasteiger partial charge is 0.462 e. The van der Waals surface area contributed by atoms with Crippen molar-refractivity contribution >= 4 is 62.5 Å². The summed E-state index contributed by atoms with van der Waals surface area (Å²) >= 11 is 0. The number of carbonyl (C=O) groups excluding carboxylic acids is 5. The van der Waals surface area contributed by atoms with Gasteiger partial charge in [0.1, 0.15) is 42.9 Å². The molecule has 4 heterocycles. The molecule has 2 fully saturated rings. The summed E-state index contributed by atoms with van der Waals surface area (Å²) < 4.78 is 78.4. The number of phosphoric acid groups is 2. The third kappa shape index (κ3) is 11.2. The Labute approximate surface area is 309 Å². The maximum atomic E-state index is 13.2. The minimum atomic E-state index is -5.95. The molecule has 0 saturated carbocycles. The number of nitrogen functional groups attached to an aromatic ring is 1. The average Bonchev–Trinajstić information content (AvgIpc) is 3.60. The molecule has 2 aliphatic rings. The Balaban J connectivity index is 1.57. The van der Waals surface area contributed by atoms with E-state index in [2.05, 4.69) is 19.3 Å². The van der Waals surface area contributed by atoms with Crippen LogP contribution < -0.4 is 5.73 Å². The Kier molecular flexibility index (Phi) is 14.0. The second-order valence-corrected chi connectivity index (χ2v) is 14.7. The van der Waals surface area contributed by atoms with Crippen LogP contribution in [0.25, 0.3) is 11.2 Å². The first-order valence-electron chi connectivity index (χ1n) is 15.7. The summed E-state index contributed by atoms with van der Waals surface area (Å²) in [7, 11) is -11.7. The SMILES string of the molecule is CC(=O)OC[C@H](OC(C)=O)C1O[C@@H](OP(=O)(O)OP(=O)(O)OC[C@H]2O[C@@H](n3cnc4c(N)ncnc43)[C@@H](O)[C@H]2O)C(OC(C)=O)C(OC(C)=O)[C@@H]1OC(C)=O. The number of nitrogens with zero attached hydrogens (tertiary/aromatic N) is 4. The van der Waals surface area contributed by atoms with E-state index >= 15 is 0 Å². The molecule has 0 aliphatic carbocycles. The van der Waals surface area contributed by atoms with E-state index in [0.29, 0.717) is 0 Å². The maximum absolute atomic E-state index is 13.2. The molecule has 12 atom stereocenters. The van der Waals surface area contributed by atoms with Crippen LogP contribution in [0.3, 0.4) is 0 Å². The molecule has 5 unspecified atom stereocenters. The molecule has 0 spiro atoms. The predicted molar refractivity (Wildman–Crippen MR) is 171 cm³/mol. The molecule has 26 nitrogen and oxygen atoms in total. The van der Waals surface area contributed by atoms with Gasteiger partial charge in [0.05, 0.1) is 12.9 Å². The fraction of sp³-hybridized carbons (Fsp3) is 0.630. The van der Waals surface area contributed by atoms with Crippen LogP contribution >= 0.6 is 15.6 Å². The predicted octanol–water partition coefficient (Wildman–Crippen LogP) is -1.71. The van der Waals surface area contributed by atoms with Gasteiger partial charge in [0.2, 0.25) is 6.29 Å². The summed E-state index contributed by atoms with van der Waals surface area (Å²) in [4.78, 5) is 92.9. The first kappa shape index (κ1) is 43.5. The zero-order valence-electron chi connectivity index (χ0n) is 29.3. The zero-order valence-corrected chi connectivity index (χ0v) is 31.1. The van der Waals surface area contributed by atoms with E-state index in [1.165, 1.54) is 10.9 Å². The van der Waals surface area contributed by atoms with Gasteiger partial charge >= 0.3 is 45.5 Å². The third-order valence-corrected chi connectivity index (χ3v) is 10.0. The summed E-state index contributed by atoms with van der Waals surface area (Å²) in [5.41, 5.74) is 6.00. The van der Waals surface area contributed by atoms with Crippen molar-refractivity contribution in [2.24, 2.45) is 0 Å². The first-order chi connectivity index (χ1) is 25.6. The number of aliphatic hydroxyl groups excluding tert-OH is 2. The molecule has 28 heteroatoms. The molecule has 0 radical (unpaired) electrons. The number of aliphatic hydroxyl groups is 2. The molecule has 2 aromatic rings. The van der Waals surface area contributed by atoms with Gasteiger partial charge in [-0.25, -0.2) is 24.1 Å². The van der Waals surface area contributed by atoms with Crippen molar-refractivity contribution in [1.29, 1.82) is 0 Å². The monoisotopic (exact) mass is 829 g/mol. The number of carbonyl (C=O) groups is 5. The number of nitrogens with two attached hydrogens (primary N) is 1. The molecule has 0 amide bonds. The van der Waals surface area contributed by atoms with E-state index in [1.807, 2.05) is 0 Å². The van der Waals surface area contributed by atoms with E-state index in [9.17, 15) is 53.1 Å². The van der Waals surface area contributed by atoms with Gasteiger partial charge in [-0.05, 0) is 0 Å². The Morgan fingerprint density at radius 1 is 0.836 bits per heavy atom. The van der Waals surface area contributed by atoms with Gasteiger partial charge < -0.3 is 58.9 Å². The standard InChI is InChI=1S/C27H37N5O21P2/c1-10(33)44-6-16(46-11(2)34)20-21(47-12(3)35)22(48-13(4)36)23(49-14(5)37)27(51-20)52-55(42,43)53-54(40,41)45-7-15-18(38)19(39)26(50-15)32-9-31-17-24(28)29-8-30-25(17)32/h8-9,15-16,18-23,26-27,38-39H,6-7H2,1-5H3,(H,40,41)(H,42,43)(H2,28,29,30)/t15-,16+,18+,19+,20?,21-,22?,23?,26-,27+/m1/s1. The fourth-order valence-electron chi connectivity index (χ4n) is 5.42. The lowest BCUT2D eigenvalue weighted by molar-refractivity contribution is -0.301. The Hall–Kier alpha value is -4.20. The van der Waals surface area contributed by atoms with E-state index in [4.69, 9.17) is 47.9 Å². The highest BCUT2D eigenvalue weighted by molar-refractivity contribution is 7.61. The number of rotatable bonds is 15. The van der Waals surface area contributed by atoms with Crippen LogP contribution in [0.1, 0.15) is 40.8 Å². The second-order valence-electron chi connectivity index (χ2n) is 11.7. The van der Waals surface area contributed by atoms with Gasteiger partial charge in [-0.2, -0.15) is 4.31 Å². The molecule has 55 heavy (non-hydrogen) atoms. The lowest BCUT2D eigenvalue weighted by Crippen LogP contribution is -2.65. The molecule has 306 valence electrons. The van der Waals surface area contributed by atoms with Crippen LogP contribution in [0.5, 0.6) is 0 Å². The van der Waals surface area contributed by atoms with Gasteiger partial charge in [0, 0.05) is 34.6 Å². The van der Waals surface area contributed by atoms with Crippen LogP contribution in [0.4, 0.5) is 5.82 Å². The summed E-state index contributed by atoms with van der Waals surface area (Å²) in [5, 5.41) is 21.2. The van der Waals surface area contributed by atoms with Gasteiger partial charge in [-0.15, -0.1) is 0 Å². The minimum absolute atomic E-state index is 0.00339. The van der Waals surface area contributed by atoms with Gasteiger partial charge in [0.15, 0.2) is 42.1 Å². The van der Waals surface area contributed by atoms with Crippen LogP contribution in [-0.2, 0) is 79.6 Å². The molecule has 4 rings (SSSR count). The van der Waals surface area contributed by atoms with E-state index in [-0.39, 0.29) is 17.0 Å². The molecular weight excluding hydrogens is 792 g/mol. The molecule has 2 aromatic heterocycles. The molecule has 2 aliphatic heterocycles. The van der Waals surface area contributed by atoms with Crippen molar-refractivity contribution in [2.75, 3.05) is 18.9 Å². The van der Waals surface area contributed by atoms with Gasteiger partial charge in [-0.3, -0.25) is 37.6 Å². The number of hydrogen-bond donors (Lipinski definition) is 5. The van der Waals surface area contributed by atoms with Crippen molar-refractivity contribution in [3.63, 3.8) is 0 Å². The Morgan fingerprint density at radius 3 is 2.05 bits per heavy atom. The van der Waals surface area contributed by atoms with Crippen molar-refractivity contribution in [1.82, 2.24) is 19.5 Å². The Bertz CT molecular complexity index is 1860. The largest absolute Gasteiger partial charge is 0.483 e. The summed E-state index contributed by atoms with van der Waals surface area (Å²) in [5.74, 6) is -5.18. The van der Waals surface area contributed by atoms with Crippen LogP contribution in [0.2, 0.25) is 0 Å². The molecule has 0 aromatic carbocycles. The molecule has 2 saturated heterocycles. The summed E-state index contributed by atoms with van der Waals surface area (Å²) in [6, 6.07) is 0.